The zero-order chi connectivity index (χ0) is 17.5. The number of amides is 2. The van der Waals surface area contributed by atoms with E-state index >= 15 is 0 Å². The fraction of sp³-hybridized carbons (Fsp3) is 0.500. The third-order valence-corrected chi connectivity index (χ3v) is 4.55. The van der Waals surface area contributed by atoms with Crippen molar-refractivity contribution in [3.63, 3.8) is 0 Å². The molecule has 2 aliphatic heterocycles. The molecule has 0 aliphatic carbocycles. The molecule has 2 bridgehead atoms. The van der Waals surface area contributed by atoms with Crippen LogP contribution in [0.4, 0.5) is 13.2 Å². The van der Waals surface area contributed by atoms with E-state index < -0.39 is 36.3 Å². The van der Waals surface area contributed by atoms with Gasteiger partial charge in [-0.1, -0.05) is 30.3 Å². The summed E-state index contributed by atoms with van der Waals surface area (Å²) >= 11 is 0. The van der Waals surface area contributed by atoms with E-state index in [0.29, 0.717) is 11.3 Å². The highest BCUT2D eigenvalue weighted by Crippen LogP contribution is 2.38. The molecule has 1 aromatic rings. The number of nitrogens with zero attached hydrogens (tertiary/aromatic N) is 2. The van der Waals surface area contributed by atoms with E-state index in [9.17, 15) is 22.8 Å². The van der Waals surface area contributed by atoms with Crippen molar-refractivity contribution in [1.82, 2.24) is 9.80 Å². The number of halogens is 3. The number of carbonyl (C=O) groups is 2. The molecule has 8 heteroatoms. The highest BCUT2D eigenvalue weighted by atomic mass is 19.4. The minimum absolute atomic E-state index is 0.219. The number of benzene rings is 1. The number of hydrogen-bond acceptors (Lipinski definition) is 3. The largest absolute Gasteiger partial charge is 0.471 e. The lowest BCUT2D eigenvalue weighted by molar-refractivity contribution is -0.203. The van der Waals surface area contributed by atoms with Gasteiger partial charge in [0.25, 0.3) is 0 Å². The van der Waals surface area contributed by atoms with Crippen LogP contribution in [0.15, 0.2) is 30.3 Å². The summed E-state index contributed by atoms with van der Waals surface area (Å²) in [6, 6.07) is 7.28. The van der Waals surface area contributed by atoms with E-state index in [0.717, 1.165) is 5.56 Å². The van der Waals surface area contributed by atoms with Gasteiger partial charge in [0.05, 0.1) is 6.04 Å². The lowest BCUT2D eigenvalue weighted by atomic mass is 10.1. The zero-order valence-corrected chi connectivity index (χ0v) is 13.0. The van der Waals surface area contributed by atoms with Crippen LogP contribution in [0.3, 0.4) is 0 Å². The molecule has 3 rings (SSSR count). The molecule has 2 saturated heterocycles. The molecule has 24 heavy (non-hydrogen) atoms. The van der Waals surface area contributed by atoms with Crippen LogP contribution >= 0.6 is 0 Å². The fourth-order valence-corrected chi connectivity index (χ4v) is 3.56. The van der Waals surface area contributed by atoms with E-state index in [1.807, 2.05) is 30.3 Å². The smallest absolute Gasteiger partial charge is 0.359 e. The Hall–Kier alpha value is -2.09. The summed E-state index contributed by atoms with van der Waals surface area (Å²) in [6.45, 7) is 0.235. The first kappa shape index (κ1) is 16.8. The third-order valence-electron chi connectivity index (χ3n) is 4.55. The number of carbonyl (C=O) groups excluding carboxylic acids is 2. The number of piperazine rings is 1. The number of alkyl halides is 3. The first-order chi connectivity index (χ1) is 11.3. The minimum Gasteiger partial charge on any atom is -0.359 e. The first-order valence-electron chi connectivity index (χ1n) is 7.61. The molecular weight excluding hydrogens is 325 g/mol. The van der Waals surface area contributed by atoms with Gasteiger partial charge in [-0.2, -0.15) is 13.2 Å². The zero-order valence-electron chi connectivity index (χ0n) is 13.0. The van der Waals surface area contributed by atoms with Crippen LogP contribution in [0.1, 0.15) is 18.4 Å². The highest BCUT2D eigenvalue weighted by Gasteiger charge is 2.58. The van der Waals surface area contributed by atoms with Gasteiger partial charge in [0.1, 0.15) is 6.04 Å². The van der Waals surface area contributed by atoms with E-state index in [1.54, 1.807) is 0 Å². The third kappa shape index (κ3) is 2.75. The molecule has 2 heterocycles. The van der Waals surface area contributed by atoms with E-state index in [1.165, 1.54) is 12.0 Å². The molecule has 0 spiro atoms. The normalized spacial score (nSPS) is 26.8. The molecule has 2 amide bonds. The van der Waals surface area contributed by atoms with Crippen molar-refractivity contribution >= 4 is 11.8 Å². The number of hydrogen-bond donors (Lipinski definition) is 0. The van der Waals surface area contributed by atoms with Crippen LogP contribution in [0, 0.1) is 0 Å². The first-order valence-corrected chi connectivity index (χ1v) is 7.61. The van der Waals surface area contributed by atoms with Crippen molar-refractivity contribution in [3.8, 4) is 0 Å². The molecule has 1 aromatic carbocycles. The van der Waals surface area contributed by atoms with Gasteiger partial charge in [-0.05, 0) is 18.4 Å². The molecule has 3 atom stereocenters. The second-order valence-corrected chi connectivity index (χ2v) is 5.95. The molecule has 2 aliphatic rings. The maximum Gasteiger partial charge on any atom is 0.471 e. The fourth-order valence-electron chi connectivity index (χ4n) is 3.56. The summed E-state index contributed by atoms with van der Waals surface area (Å²) in [5.74, 6) is -2.47. The summed E-state index contributed by atoms with van der Waals surface area (Å²) < 4.78 is 43.9. The van der Waals surface area contributed by atoms with E-state index in [4.69, 9.17) is 4.74 Å². The lowest BCUT2D eigenvalue weighted by Gasteiger charge is -2.45. The van der Waals surface area contributed by atoms with Crippen LogP contribution in [-0.2, 0) is 20.9 Å². The number of fused-ring (bicyclic) bond motifs is 2. The summed E-state index contributed by atoms with van der Waals surface area (Å²) in [4.78, 5) is 26.5. The van der Waals surface area contributed by atoms with Crippen LogP contribution in [0.25, 0.3) is 0 Å². The summed E-state index contributed by atoms with van der Waals surface area (Å²) in [6.07, 6.45) is -5.36. The van der Waals surface area contributed by atoms with E-state index in [2.05, 4.69) is 0 Å². The standard InChI is InChI=1S/C16H17F3N2O3/c1-24-14-12-8-7-11(21(12)15(23)16(17,18)19)13(22)20(14)9-10-5-3-2-4-6-10/h2-6,11-12,14H,7-9H2,1H3/t11-,12+,14+/m0/s1. The Bertz CT molecular complexity index is 635. The molecule has 0 saturated carbocycles. The van der Waals surface area contributed by atoms with Crippen molar-refractivity contribution in [3.05, 3.63) is 35.9 Å². The highest BCUT2D eigenvalue weighted by molar-refractivity contribution is 5.92. The van der Waals surface area contributed by atoms with Crippen molar-refractivity contribution in [2.75, 3.05) is 7.11 Å². The summed E-state index contributed by atoms with van der Waals surface area (Å²) in [7, 11) is 1.34. The van der Waals surface area contributed by atoms with Gasteiger partial charge in [0.15, 0.2) is 6.23 Å². The van der Waals surface area contributed by atoms with Gasteiger partial charge in [0.2, 0.25) is 5.91 Å². The van der Waals surface area contributed by atoms with Gasteiger partial charge in [0, 0.05) is 13.7 Å². The molecule has 0 N–H and O–H groups in total. The number of methoxy groups -OCH3 is 1. The number of likely N-dealkylation sites (tertiary alicyclic amines) is 1. The Balaban J connectivity index is 1.89. The van der Waals surface area contributed by atoms with E-state index in [-0.39, 0.29) is 13.0 Å². The van der Waals surface area contributed by atoms with Gasteiger partial charge >= 0.3 is 12.1 Å². The number of rotatable bonds is 3. The number of ether oxygens (including phenoxy) is 1. The second-order valence-electron chi connectivity index (χ2n) is 5.95. The molecule has 0 radical (unpaired) electrons. The van der Waals surface area contributed by atoms with Crippen molar-refractivity contribution in [1.29, 1.82) is 0 Å². The van der Waals surface area contributed by atoms with Crippen molar-refractivity contribution in [2.45, 2.75) is 43.9 Å². The Kier molecular flexibility index (Phi) is 4.25. The van der Waals surface area contributed by atoms with Crippen molar-refractivity contribution < 1.29 is 27.5 Å². The van der Waals surface area contributed by atoms with Crippen LogP contribution in [0.2, 0.25) is 0 Å². The molecule has 5 nitrogen and oxygen atoms in total. The van der Waals surface area contributed by atoms with Crippen LogP contribution < -0.4 is 0 Å². The Labute approximate surface area is 137 Å². The van der Waals surface area contributed by atoms with Gasteiger partial charge < -0.3 is 14.5 Å². The SMILES string of the molecule is CO[C@@H]1[C@H]2CC[C@@H](C(=O)N1Cc1ccccc1)N2C(=O)C(F)(F)F. The van der Waals surface area contributed by atoms with Gasteiger partial charge in [-0.3, -0.25) is 9.59 Å². The van der Waals surface area contributed by atoms with Crippen molar-refractivity contribution in [2.24, 2.45) is 0 Å². The monoisotopic (exact) mass is 342 g/mol. The lowest BCUT2D eigenvalue weighted by Crippen LogP contribution is -2.65. The van der Waals surface area contributed by atoms with Gasteiger partial charge in [-0.15, -0.1) is 0 Å². The molecule has 130 valence electrons. The summed E-state index contributed by atoms with van der Waals surface area (Å²) in [5.41, 5.74) is 0.850. The quantitative estimate of drug-likeness (QED) is 0.843. The Morgan fingerprint density at radius 2 is 1.92 bits per heavy atom. The second kappa shape index (κ2) is 6.08. The maximum atomic E-state index is 12.9. The topological polar surface area (TPSA) is 49.9 Å². The molecule has 0 unspecified atom stereocenters. The minimum atomic E-state index is -5.00. The average molecular weight is 342 g/mol. The summed E-state index contributed by atoms with van der Waals surface area (Å²) in [5, 5.41) is 0. The van der Waals surface area contributed by atoms with Crippen LogP contribution in [0.5, 0.6) is 0 Å². The van der Waals surface area contributed by atoms with Crippen LogP contribution in [-0.4, -0.2) is 53.2 Å². The Morgan fingerprint density at radius 3 is 2.50 bits per heavy atom. The Morgan fingerprint density at radius 1 is 1.25 bits per heavy atom. The maximum absolute atomic E-state index is 12.9. The predicted molar refractivity (Wildman–Crippen MR) is 77.5 cm³/mol. The molecule has 0 aromatic heterocycles. The van der Waals surface area contributed by atoms with Gasteiger partial charge in [-0.25, -0.2) is 0 Å². The average Bonchev–Trinajstić information content (AvgIpc) is 2.92. The molecule has 2 fully saturated rings. The molecular formula is C16H17F3N2O3. The predicted octanol–water partition coefficient (Wildman–Crippen LogP) is 1.92.